The molecule has 20 heavy (non-hydrogen) atoms. The molecular formula is C14H13N3O3. The van der Waals surface area contributed by atoms with E-state index in [0.717, 1.165) is 11.1 Å². The lowest BCUT2D eigenvalue weighted by Gasteiger charge is -2.07. The molecule has 0 aliphatic heterocycles. The first-order valence-electron chi connectivity index (χ1n) is 5.91. The van der Waals surface area contributed by atoms with Crippen LogP contribution in [0.15, 0.2) is 30.6 Å². The highest BCUT2D eigenvalue weighted by Gasteiger charge is 2.16. The van der Waals surface area contributed by atoms with Crippen molar-refractivity contribution >= 4 is 17.7 Å². The largest absolute Gasteiger partial charge is 0.476 e. The van der Waals surface area contributed by atoms with E-state index < -0.39 is 11.9 Å². The molecule has 0 radical (unpaired) electrons. The minimum atomic E-state index is -1.24. The Morgan fingerprint density at radius 2 is 1.65 bits per heavy atom. The molecule has 1 aromatic carbocycles. The Kier molecular flexibility index (Phi) is 3.74. The number of benzene rings is 1. The molecule has 0 spiro atoms. The standard InChI is InChI=1S/C14H13N3O3/c1-8-5-9(2)7-10(6-8)13(18)17-12-11(14(19)20)15-3-4-16-12/h3-7H,1-2H3,(H,19,20)(H,16,17,18). The van der Waals surface area contributed by atoms with Crippen molar-refractivity contribution in [2.75, 3.05) is 5.32 Å². The van der Waals surface area contributed by atoms with Crippen LogP contribution in [0.3, 0.4) is 0 Å². The zero-order valence-electron chi connectivity index (χ0n) is 11.0. The second-order valence-corrected chi connectivity index (χ2v) is 4.39. The van der Waals surface area contributed by atoms with Gasteiger partial charge in [0.15, 0.2) is 11.5 Å². The van der Waals surface area contributed by atoms with Crippen molar-refractivity contribution in [1.29, 1.82) is 0 Å². The molecule has 1 heterocycles. The van der Waals surface area contributed by atoms with Gasteiger partial charge in [0, 0.05) is 18.0 Å². The number of rotatable bonds is 3. The van der Waals surface area contributed by atoms with Crippen molar-refractivity contribution in [2.24, 2.45) is 0 Å². The lowest BCUT2D eigenvalue weighted by molar-refractivity contribution is 0.0691. The predicted molar refractivity (Wildman–Crippen MR) is 72.9 cm³/mol. The fraction of sp³-hybridized carbons (Fsp3) is 0.143. The molecule has 0 saturated heterocycles. The van der Waals surface area contributed by atoms with E-state index in [9.17, 15) is 9.59 Å². The molecule has 1 aromatic heterocycles. The van der Waals surface area contributed by atoms with Crippen molar-refractivity contribution < 1.29 is 14.7 Å². The molecule has 0 fully saturated rings. The van der Waals surface area contributed by atoms with Gasteiger partial charge in [-0.15, -0.1) is 0 Å². The number of hydrogen-bond donors (Lipinski definition) is 2. The second kappa shape index (κ2) is 5.48. The summed E-state index contributed by atoms with van der Waals surface area (Å²) in [4.78, 5) is 30.6. The summed E-state index contributed by atoms with van der Waals surface area (Å²) >= 11 is 0. The molecule has 2 aromatic rings. The molecule has 0 bridgehead atoms. The molecule has 2 rings (SSSR count). The summed E-state index contributed by atoms with van der Waals surface area (Å²) in [7, 11) is 0. The van der Waals surface area contributed by atoms with Crippen molar-refractivity contribution in [3.8, 4) is 0 Å². The van der Waals surface area contributed by atoms with Crippen LogP contribution < -0.4 is 5.32 Å². The first-order valence-corrected chi connectivity index (χ1v) is 5.91. The number of nitrogens with one attached hydrogen (secondary N) is 1. The van der Waals surface area contributed by atoms with E-state index in [1.165, 1.54) is 12.4 Å². The quantitative estimate of drug-likeness (QED) is 0.891. The van der Waals surface area contributed by atoms with Crippen molar-refractivity contribution in [2.45, 2.75) is 13.8 Å². The number of hydrogen-bond acceptors (Lipinski definition) is 4. The van der Waals surface area contributed by atoms with Crippen LogP contribution in [-0.4, -0.2) is 27.0 Å². The van der Waals surface area contributed by atoms with Crippen LogP contribution in [0.5, 0.6) is 0 Å². The Balaban J connectivity index is 2.30. The number of carbonyl (C=O) groups is 2. The Hall–Kier alpha value is -2.76. The maximum Gasteiger partial charge on any atom is 0.358 e. The Bertz CT molecular complexity index is 663. The van der Waals surface area contributed by atoms with Crippen LogP contribution in [-0.2, 0) is 0 Å². The molecule has 0 unspecified atom stereocenters. The van der Waals surface area contributed by atoms with E-state index in [1.807, 2.05) is 19.9 Å². The highest BCUT2D eigenvalue weighted by atomic mass is 16.4. The van der Waals surface area contributed by atoms with Crippen LogP contribution >= 0.6 is 0 Å². The van der Waals surface area contributed by atoms with Crippen LogP contribution in [0.1, 0.15) is 32.0 Å². The van der Waals surface area contributed by atoms with E-state index in [2.05, 4.69) is 15.3 Å². The number of aromatic nitrogens is 2. The molecule has 6 heteroatoms. The van der Waals surface area contributed by atoms with Crippen molar-refractivity contribution in [3.63, 3.8) is 0 Å². The molecule has 0 atom stereocenters. The zero-order valence-corrected chi connectivity index (χ0v) is 11.0. The lowest BCUT2D eigenvalue weighted by Crippen LogP contribution is -2.17. The van der Waals surface area contributed by atoms with E-state index in [-0.39, 0.29) is 11.5 Å². The van der Waals surface area contributed by atoms with E-state index >= 15 is 0 Å². The van der Waals surface area contributed by atoms with E-state index in [1.54, 1.807) is 12.1 Å². The number of carboxylic acids is 1. The molecule has 1 amide bonds. The fourth-order valence-electron chi connectivity index (χ4n) is 1.87. The van der Waals surface area contributed by atoms with Gasteiger partial charge >= 0.3 is 5.97 Å². The molecule has 0 aliphatic rings. The Morgan fingerprint density at radius 1 is 1.05 bits per heavy atom. The average molecular weight is 271 g/mol. The lowest BCUT2D eigenvalue weighted by atomic mass is 10.1. The summed E-state index contributed by atoms with van der Waals surface area (Å²) in [6.07, 6.45) is 2.58. The summed E-state index contributed by atoms with van der Waals surface area (Å²) < 4.78 is 0. The van der Waals surface area contributed by atoms with Crippen molar-refractivity contribution in [1.82, 2.24) is 9.97 Å². The van der Waals surface area contributed by atoms with Gasteiger partial charge in [0.2, 0.25) is 0 Å². The zero-order chi connectivity index (χ0) is 14.7. The summed E-state index contributed by atoms with van der Waals surface area (Å²) in [5, 5.41) is 11.5. The first kappa shape index (κ1) is 13.7. The second-order valence-electron chi connectivity index (χ2n) is 4.39. The third-order valence-corrected chi connectivity index (χ3v) is 2.62. The number of aryl methyl sites for hydroxylation is 2. The van der Waals surface area contributed by atoms with Crippen LogP contribution in [0.25, 0.3) is 0 Å². The van der Waals surface area contributed by atoms with Gasteiger partial charge in [0.25, 0.3) is 5.91 Å². The topological polar surface area (TPSA) is 92.2 Å². The van der Waals surface area contributed by atoms with Gasteiger partial charge in [-0.05, 0) is 26.0 Å². The Morgan fingerprint density at radius 3 is 2.25 bits per heavy atom. The number of nitrogens with zero attached hydrogens (tertiary/aromatic N) is 2. The number of anilines is 1. The summed E-state index contributed by atoms with van der Waals surface area (Å²) in [5.41, 5.74) is 2.07. The van der Waals surface area contributed by atoms with E-state index in [4.69, 9.17) is 5.11 Å². The maximum absolute atomic E-state index is 12.1. The normalized spacial score (nSPS) is 10.1. The third kappa shape index (κ3) is 2.97. The predicted octanol–water partition coefficient (Wildman–Crippen LogP) is 2.04. The van der Waals surface area contributed by atoms with Gasteiger partial charge in [0.05, 0.1) is 0 Å². The van der Waals surface area contributed by atoms with E-state index in [0.29, 0.717) is 5.56 Å². The van der Waals surface area contributed by atoms with Gasteiger partial charge in [-0.2, -0.15) is 0 Å². The maximum atomic E-state index is 12.1. The highest BCUT2D eigenvalue weighted by molar-refractivity contribution is 6.06. The average Bonchev–Trinajstić information content (AvgIpc) is 2.37. The third-order valence-electron chi connectivity index (χ3n) is 2.62. The molecule has 102 valence electrons. The van der Waals surface area contributed by atoms with Gasteiger partial charge in [-0.3, -0.25) is 4.79 Å². The SMILES string of the molecule is Cc1cc(C)cc(C(=O)Nc2nccnc2C(=O)O)c1. The summed E-state index contributed by atoms with van der Waals surface area (Å²) in [6.45, 7) is 3.77. The minimum absolute atomic E-state index is 0.0656. The molecule has 0 aliphatic carbocycles. The highest BCUT2D eigenvalue weighted by Crippen LogP contribution is 2.13. The molecule has 0 saturated carbocycles. The van der Waals surface area contributed by atoms with Gasteiger partial charge < -0.3 is 10.4 Å². The van der Waals surface area contributed by atoms with Crippen LogP contribution in [0.2, 0.25) is 0 Å². The Labute approximate surface area is 115 Å². The minimum Gasteiger partial charge on any atom is -0.476 e. The monoisotopic (exact) mass is 271 g/mol. The molecule has 2 N–H and O–H groups in total. The van der Waals surface area contributed by atoms with Crippen LogP contribution in [0, 0.1) is 13.8 Å². The molecule has 6 nitrogen and oxygen atoms in total. The fourth-order valence-corrected chi connectivity index (χ4v) is 1.87. The van der Waals surface area contributed by atoms with Gasteiger partial charge in [-0.1, -0.05) is 17.2 Å². The first-order chi connectivity index (χ1) is 9.47. The number of amides is 1. The van der Waals surface area contributed by atoms with Crippen molar-refractivity contribution in [3.05, 3.63) is 53.0 Å². The smallest absolute Gasteiger partial charge is 0.358 e. The molecular weight excluding hydrogens is 258 g/mol. The number of aromatic carboxylic acids is 1. The summed E-state index contributed by atoms with van der Waals surface area (Å²) in [6, 6.07) is 5.39. The number of carbonyl (C=O) groups excluding carboxylic acids is 1. The van der Waals surface area contributed by atoms with Gasteiger partial charge in [0.1, 0.15) is 0 Å². The van der Waals surface area contributed by atoms with Gasteiger partial charge in [-0.25, -0.2) is 14.8 Å². The van der Waals surface area contributed by atoms with Crippen LogP contribution in [0.4, 0.5) is 5.82 Å². The summed E-state index contributed by atoms with van der Waals surface area (Å²) in [5.74, 6) is -1.72. The number of carboxylic acid groups (broad SMARTS) is 1.